The van der Waals surface area contributed by atoms with Gasteiger partial charge in [0, 0.05) is 24.2 Å². The molecule has 5 rings (SSSR count). The molecule has 1 spiro atoms. The molecular formula is C30H37ClN6O3S2. The summed E-state index contributed by atoms with van der Waals surface area (Å²) in [5.74, 6) is 0.226. The second-order valence-electron chi connectivity index (χ2n) is 11.8. The third-order valence-corrected chi connectivity index (χ3v) is 11.1. The van der Waals surface area contributed by atoms with Crippen LogP contribution in [0.4, 0.5) is 11.6 Å². The van der Waals surface area contributed by atoms with E-state index in [2.05, 4.69) is 38.9 Å². The van der Waals surface area contributed by atoms with E-state index in [1.807, 2.05) is 27.7 Å². The summed E-state index contributed by atoms with van der Waals surface area (Å²) in [4.78, 5) is 29.6. The Kier molecular flexibility index (Phi) is 8.85. The van der Waals surface area contributed by atoms with Crippen LogP contribution in [-0.2, 0) is 22.1 Å². The number of carbonyl (C=O) groups is 1. The van der Waals surface area contributed by atoms with E-state index in [4.69, 9.17) is 32.0 Å². The lowest BCUT2D eigenvalue weighted by Crippen LogP contribution is -2.48. The maximum atomic E-state index is 13.3. The summed E-state index contributed by atoms with van der Waals surface area (Å²) in [6, 6.07) is 10.2. The first kappa shape index (κ1) is 30.7. The van der Waals surface area contributed by atoms with Gasteiger partial charge in [-0.25, -0.2) is 28.7 Å². The molecule has 1 saturated heterocycles. The molecule has 42 heavy (non-hydrogen) atoms. The number of aromatic nitrogens is 3. The topological polar surface area (TPSA) is 123 Å². The Morgan fingerprint density at radius 3 is 2.64 bits per heavy atom. The second kappa shape index (κ2) is 12.1. The summed E-state index contributed by atoms with van der Waals surface area (Å²) >= 11 is 7.67. The number of nitrogen functional groups attached to an aromatic ring is 1. The van der Waals surface area contributed by atoms with Crippen molar-refractivity contribution in [1.29, 1.82) is 0 Å². The van der Waals surface area contributed by atoms with Gasteiger partial charge in [-0.2, -0.15) is 0 Å². The second-order valence-corrected chi connectivity index (χ2v) is 15.2. The molecule has 0 amide bonds. The molecule has 224 valence electrons. The number of nitrogens with one attached hydrogen (secondary N) is 1. The van der Waals surface area contributed by atoms with Crippen LogP contribution in [0.3, 0.4) is 0 Å². The van der Waals surface area contributed by atoms with E-state index in [1.165, 1.54) is 22.9 Å². The van der Waals surface area contributed by atoms with Gasteiger partial charge in [-0.1, -0.05) is 47.6 Å². The van der Waals surface area contributed by atoms with Crippen molar-refractivity contribution in [2.24, 2.45) is 5.41 Å². The lowest BCUT2D eigenvalue weighted by molar-refractivity contribution is 0.0518. The van der Waals surface area contributed by atoms with E-state index in [-0.39, 0.29) is 34.3 Å². The van der Waals surface area contributed by atoms with Gasteiger partial charge in [0.25, 0.3) is 0 Å². The Bertz CT molecular complexity index is 1520. The fourth-order valence-corrected chi connectivity index (χ4v) is 7.69. The number of halogens is 1. The highest BCUT2D eigenvalue weighted by molar-refractivity contribution is 7.99. The summed E-state index contributed by atoms with van der Waals surface area (Å²) in [5.41, 5.74) is 9.17. The number of rotatable bonds is 7. The summed E-state index contributed by atoms with van der Waals surface area (Å²) in [5, 5.41) is 0.878. The fraction of sp³-hybridized carbons (Fsp3) is 0.467. The molecule has 0 unspecified atom stereocenters. The quantitative estimate of drug-likeness (QED) is 0.318. The molecule has 1 aliphatic heterocycles. The van der Waals surface area contributed by atoms with Gasteiger partial charge in [-0.3, -0.25) is 0 Å². The van der Waals surface area contributed by atoms with Gasteiger partial charge in [0.2, 0.25) is 0 Å². The number of esters is 1. The van der Waals surface area contributed by atoms with E-state index in [1.54, 1.807) is 19.2 Å². The number of anilines is 2. The zero-order valence-electron chi connectivity index (χ0n) is 24.6. The van der Waals surface area contributed by atoms with Gasteiger partial charge in [-0.05, 0) is 76.5 Å². The molecule has 3 aromatic rings. The van der Waals surface area contributed by atoms with Crippen molar-refractivity contribution in [2.75, 3.05) is 30.3 Å². The largest absolute Gasteiger partial charge is 0.461 e. The molecule has 2 aromatic heterocycles. The number of hydrogen-bond acceptors (Lipinski definition) is 9. The first-order valence-electron chi connectivity index (χ1n) is 14.1. The maximum Gasteiger partial charge on any atom is 0.360 e. The van der Waals surface area contributed by atoms with Gasteiger partial charge in [-0.15, -0.1) is 0 Å². The maximum absolute atomic E-state index is 13.3. The minimum Gasteiger partial charge on any atom is -0.461 e. The smallest absolute Gasteiger partial charge is 0.360 e. The lowest BCUT2D eigenvalue weighted by atomic mass is 9.73. The van der Waals surface area contributed by atoms with Crippen molar-refractivity contribution in [2.45, 2.75) is 74.6 Å². The Labute approximate surface area is 259 Å². The molecule has 12 heteroatoms. The average Bonchev–Trinajstić information content (AvgIpc) is 3.24. The van der Waals surface area contributed by atoms with Crippen LogP contribution in [0.1, 0.15) is 73.9 Å². The zero-order chi connectivity index (χ0) is 30.2. The number of hydrogen-bond donors (Lipinski definition) is 2. The van der Waals surface area contributed by atoms with Crippen molar-refractivity contribution < 1.29 is 13.7 Å². The number of nitrogens with two attached hydrogens (primary N) is 1. The van der Waals surface area contributed by atoms with E-state index >= 15 is 0 Å². The molecule has 2 atom stereocenters. The molecule has 0 saturated carbocycles. The van der Waals surface area contributed by atoms with Crippen molar-refractivity contribution in [3.63, 3.8) is 0 Å². The van der Waals surface area contributed by atoms with Crippen molar-refractivity contribution in [3.05, 3.63) is 64.1 Å². The Balaban J connectivity index is 1.44. The van der Waals surface area contributed by atoms with E-state index < -0.39 is 17.0 Å². The third-order valence-electron chi connectivity index (χ3n) is 7.93. The van der Waals surface area contributed by atoms with Crippen LogP contribution < -0.4 is 15.4 Å². The molecule has 1 fully saturated rings. The van der Waals surface area contributed by atoms with Crippen LogP contribution >= 0.6 is 23.4 Å². The van der Waals surface area contributed by atoms with Crippen LogP contribution in [-0.4, -0.2) is 49.6 Å². The molecule has 3 N–H and O–H groups in total. The number of ether oxygens (including phenoxy) is 1. The minimum absolute atomic E-state index is 0.0235. The summed E-state index contributed by atoms with van der Waals surface area (Å²) in [6.45, 7) is 11.2. The highest BCUT2D eigenvalue weighted by Gasteiger charge is 2.49. The molecule has 1 aromatic carbocycles. The van der Waals surface area contributed by atoms with Gasteiger partial charge >= 0.3 is 5.97 Å². The number of pyridine rings is 1. The number of carbonyl (C=O) groups excluding carboxylic acids is 1. The average molecular weight is 629 g/mol. The molecule has 1 aliphatic carbocycles. The normalized spacial score (nSPS) is 18.6. The minimum atomic E-state index is -1.22. The summed E-state index contributed by atoms with van der Waals surface area (Å²) in [6.07, 6.45) is 4.17. The van der Waals surface area contributed by atoms with Crippen LogP contribution in [0.2, 0.25) is 5.02 Å². The standard InChI is InChI=1S/C30H37ClN6O3S2/c1-6-40-28(38)23-26(34-18(2)27(35-23)41-21-11-14-33-25(32)22(21)31)37-15-12-30(13-16-37)17-19-9-7-8-10-20(19)24(30)36-42(39)29(3,4)5/h7-11,14,24,36H,6,12-13,15-17H2,1-5H3,(H2,32,33)/t24-,42-/m1/s1. The number of nitrogens with zero attached hydrogens (tertiary/aromatic N) is 4. The Morgan fingerprint density at radius 1 is 1.24 bits per heavy atom. The van der Waals surface area contributed by atoms with Gasteiger partial charge in [0.15, 0.2) is 11.5 Å². The predicted octanol–water partition coefficient (Wildman–Crippen LogP) is 5.68. The first-order valence-corrected chi connectivity index (χ1v) is 16.4. The molecular weight excluding hydrogens is 592 g/mol. The third kappa shape index (κ3) is 6.02. The van der Waals surface area contributed by atoms with Crippen molar-refractivity contribution in [3.8, 4) is 0 Å². The van der Waals surface area contributed by atoms with Crippen LogP contribution in [0.15, 0.2) is 46.5 Å². The van der Waals surface area contributed by atoms with E-state index in [0.29, 0.717) is 39.5 Å². The number of aryl methyl sites for hydroxylation is 1. The number of benzene rings is 1. The SMILES string of the molecule is CCOC(=O)c1nc(Sc2ccnc(N)c2Cl)c(C)nc1N1CCC2(CC1)Cc1ccccc1[C@H]2N[S@](=O)C(C)(C)C. The Morgan fingerprint density at radius 2 is 1.95 bits per heavy atom. The van der Waals surface area contributed by atoms with Crippen LogP contribution in [0, 0.1) is 12.3 Å². The van der Waals surface area contributed by atoms with E-state index in [0.717, 1.165) is 19.3 Å². The number of fused-ring (bicyclic) bond motifs is 1. The fourth-order valence-electron chi connectivity index (χ4n) is 5.66. The summed E-state index contributed by atoms with van der Waals surface area (Å²) < 4.78 is 21.8. The highest BCUT2D eigenvalue weighted by Crippen LogP contribution is 2.53. The first-order chi connectivity index (χ1) is 19.9. The zero-order valence-corrected chi connectivity index (χ0v) is 27.0. The molecule has 9 nitrogen and oxygen atoms in total. The monoisotopic (exact) mass is 628 g/mol. The van der Waals surface area contributed by atoms with Crippen molar-refractivity contribution >= 4 is 52.0 Å². The highest BCUT2D eigenvalue weighted by atomic mass is 35.5. The Hall–Kier alpha value is -2.73. The van der Waals surface area contributed by atoms with Gasteiger partial charge < -0.3 is 15.4 Å². The van der Waals surface area contributed by atoms with Gasteiger partial charge in [0.1, 0.15) is 10.8 Å². The summed E-state index contributed by atoms with van der Waals surface area (Å²) in [7, 11) is -1.22. The van der Waals surface area contributed by atoms with Crippen LogP contribution in [0.5, 0.6) is 0 Å². The lowest BCUT2D eigenvalue weighted by Gasteiger charge is -2.44. The van der Waals surface area contributed by atoms with Crippen LogP contribution in [0.25, 0.3) is 0 Å². The van der Waals surface area contributed by atoms with Crippen molar-refractivity contribution in [1.82, 2.24) is 19.7 Å². The molecule has 0 radical (unpaired) electrons. The number of piperidine rings is 1. The molecule has 3 heterocycles. The molecule has 0 bridgehead atoms. The van der Waals surface area contributed by atoms with E-state index in [9.17, 15) is 9.00 Å². The molecule has 2 aliphatic rings. The van der Waals surface area contributed by atoms with Gasteiger partial charge in [0.05, 0.1) is 39.1 Å². The predicted molar refractivity (Wildman–Crippen MR) is 168 cm³/mol.